The number of halogens is 1. The van der Waals surface area contributed by atoms with Gasteiger partial charge in [0.2, 0.25) is 6.36 Å². The molecular formula is C20H17FO5. The van der Waals surface area contributed by atoms with Crippen LogP contribution < -0.4 is 0 Å². The highest BCUT2D eigenvalue weighted by molar-refractivity contribution is 5.90. The van der Waals surface area contributed by atoms with Gasteiger partial charge < -0.3 is 14.2 Å². The van der Waals surface area contributed by atoms with E-state index in [0.29, 0.717) is 11.1 Å². The summed E-state index contributed by atoms with van der Waals surface area (Å²) in [5.74, 6) is -1.13. The largest absolute Gasteiger partial charge is 0.459 e. The molecule has 0 unspecified atom stereocenters. The molecule has 0 aromatic heterocycles. The number of alkyl halides is 1. The number of ether oxygens (including phenoxy) is 3. The van der Waals surface area contributed by atoms with Crippen LogP contribution in [0.25, 0.3) is 0 Å². The summed E-state index contributed by atoms with van der Waals surface area (Å²) in [4.78, 5) is 24.2. The number of carbonyl (C=O) groups is 2. The quantitative estimate of drug-likeness (QED) is 0.607. The Labute approximate surface area is 150 Å². The molecule has 0 radical (unpaired) electrons. The predicted molar refractivity (Wildman–Crippen MR) is 91.3 cm³/mol. The number of hydrogen-bond donors (Lipinski definition) is 0. The maximum absolute atomic E-state index is 13.5. The summed E-state index contributed by atoms with van der Waals surface area (Å²) in [6, 6.07) is 16.8. The number of benzene rings is 2. The van der Waals surface area contributed by atoms with Crippen molar-refractivity contribution in [1.29, 1.82) is 0 Å². The standard InChI is InChI=1S/C20H17FO5/c21-18-12-11-16(26-20(23)15-9-5-2-6-10-15)17(25-18)13-24-19(22)14-7-3-1-4-8-14/h1-12,16-18H,13H2/t16-,17+,18-/m0/s1. The molecule has 3 atom stereocenters. The van der Waals surface area contributed by atoms with E-state index in [1.54, 1.807) is 60.7 Å². The molecule has 0 fully saturated rings. The Bertz CT molecular complexity index is 775. The minimum atomic E-state index is -1.65. The van der Waals surface area contributed by atoms with Gasteiger partial charge in [0.1, 0.15) is 12.7 Å². The van der Waals surface area contributed by atoms with Crippen LogP contribution >= 0.6 is 0 Å². The Kier molecular flexibility index (Phi) is 5.76. The van der Waals surface area contributed by atoms with Gasteiger partial charge in [-0.2, -0.15) is 0 Å². The van der Waals surface area contributed by atoms with Gasteiger partial charge in [0.05, 0.1) is 11.1 Å². The third-order valence-electron chi connectivity index (χ3n) is 3.76. The highest BCUT2D eigenvalue weighted by Gasteiger charge is 2.31. The van der Waals surface area contributed by atoms with Crippen LogP contribution in [0.4, 0.5) is 4.39 Å². The van der Waals surface area contributed by atoms with Gasteiger partial charge in [-0.3, -0.25) is 0 Å². The van der Waals surface area contributed by atoms with Gasteiger partial charge in [-0.25, -0.2) is 14.0 Å². The summed E-state index contributed by atoms with van der Waals surface area (Å²) in [6.45, 7) is -0.245. The fraction of sp³-hybridized carbons (Fsp3) is 0.200. The van der Waals surface area contributed by atoms with Crippen molar-refractivity contribution >= 4 is 11.9 Å². The maximum atomic E-state index is 13.5. The number of rotatable bonds is 5. The van der Waals surface area contributed by atoms with Crippen molar-refractivity contribution in [1.82, 2.24) is 0 Å². The molecule has 3 rings (SSSR count). The summed E-state index contributed by atoms with van der Waals surface area (Å²) >= 11 is 0. The molecule has 2 aromatic carbocycles. The monoisotopic (exact) mass is 356 g/mol. The smallest absolute Gasteiger partial charge is 0.338 e. The van der Waals surface area contributed by atoms with Crippen LogP contribution in [0.3, 0.4) is 0 Å². The molecule has 0 N–H and O–H groups in total. The topological polar surface area (TPSA) is 61.8 Å². The lowest BCUT2D eigenvalue weighted by Crippen LogP contribution is -2.40. The van der Waals surface area contributed by atoms with Crippen molar-refractivity contribution in [3.63, 3.8) is 0 Å². The van der Waals surface area contributed by atoms with Crippen LogP contribution in [0, 0.1) is 0 Å². The third-order valence-corrected chi connectivity index (χ3v) is 3.76. The van der Waals surface area contributed by atoms with Crippen LogP contribution in [0.1, 0.15) is 20.7 Å². The van der Waals surface area contributed by atoms with E-state index in [-0.39, 0.29) is 6.61 Å². The van der Waals surface area contributed by atoms with E-state index >= 15 is 0 Å². The molecule has 0 bridgehead atoms. The summed E-state index contributed by atoms with van der Waals surface area (Å²) in [5.41, 5.74) is 0.733. The highest BCUT2D eigenvalue weighted by atomic mass is 19.1. The summed E-state index contributed by atoms with van der Waals surface area (Å²) < 4.78 is 29.2. The predicted octanol–water partition coefficient (Wildman–Crippen LogP) is 3.32. The molecule has 1 aliphatic heterocycles. The molecule has 0 aliphatic carbocycles. The molecule has 0 saturated heterocycles. The zero-order valence-corrected chi connectivity index (χ0v) is 13.8. The second-order valence-electron chi connectivity index (χ2n) is 5.61. The molecule has 2 aromatic rings. The SMILES string of the molecule is O=C(OC[C@H]1O[C@H](F)C=C[C@@H]1OC(=O)c1ccccc1)c1ccccc1. The van der Waals surface area contributed by atoms with E-state index in [4.69, 9.17) is 14.2 Å². The van der Waals surface area contributed by atoms with Crippen molar-refractivity contribution in [2.45, 2.75) is 18.6 Å². The average Bonchev–Trinajstić information content (AvgIpc) is 2.69. The number of esters is 2. The fourth-order valence-corrected chi connectivity index (χ4v) is 2.44. The summed E-state index contributed by atoms with van der Waals surface area (Å²) in [6.07, 6.45) is -0.898. The zero-order valence-electron chi connectivity index (χ0n) is 13.8. The molecule has 1 aliphatic rings. The summed E-state index contributed by atoms with van der Waals surface area (Å²) in [7, 11) is 0. The Morgan fingerprint density at radius 2 is 1.46 bits per heavy atom. The van der Waals surface area contributed by atoms with Crippen molar-refractivity contribution in [3.05, 3.63) is 83.9 Å². The maximum Gasteiger partial charge on any atom is 0.338 e. The van der Waals surface area contributed by atoms with Gasteiger partial charge in [0, 0.05) is 0 Å². The van der Waals surface area contributed by atoms with Gasteiger partial charge in [-0.1, -0.05) is 36.4 Å². The first kappa shape index (κ1) is 17.8. The zero-order chi connectivity index (χ0) is 18.4. The third kappa shape index (κ3) is 4.55. The highest BCUT2D eigenvalue weighted by Crippen LogP contribution is 2.19. The molecule has 1 heterocycles. The molecular weight excluding hydrogens is 339 g/mol. The van der Waals surface area contributed by atoms with E-state index in [1.807, 2.05) is 0 Å². The second-order valence-corrected chi connectivity index (χ2v) is 5.61. The first-order chi connectivity index (χ1) is 12.6. The van der Waals surface area contributed by atoms with Gasteiger partial charge in [-0.05, 0) is 36.4 Å². The molecule has 6 heteroatoms. The van der Waals surface area contributed by atoms with Crippen LogP contribution in [-0.2, 0) is 14.2 Å². The van der Waals surface area contributed by atoms with E-state index in [9.17, 15) is 14.0 Å². The van der Waals surface area contributed by atoms with Crippen molar-refractivity contribution in [2.75, 3.05) is 6.61 Å². The minimum Gasteiger partial charge on any atom is -0.459 e. The number of hydrogen-bond acceptors (Lipinski definition) is 5. The van der Waals surface area contributed by atoms with E-state index in [2.05, 4.69) is 0 Å². The first-order valence-electron chi connectivity index (χ1n) is 8.09. The van der Waals surface area contributed by atoms with Gasteiger partial charge in [0.25, 0.3) is 0 Å². The molecule has 5 nitrogen and oxygen atoms in total. The molecule has 26 heavy (non-hydrogen) atoms. The van der Waals surface area contributed by atoms with Crippen LogP contribution in [0.15, 0.2) is 72.8 Å². The normalized spacial score (nSPS) is 21.8. The van der Waals surface area contributed by atoms with Crippen LogP contribution in [0.5, 0.6) is 0 Å². The van der Waals surface area contributed by atoms with Gasteiger partial charge >= 0.3 is 11.9 Å². The first-order valence-corrected chi connectivity index (χ1v) is 8.09. The molecule has 0 amide bonds. The lowest BCUT2D eigenvalue weighted by Gasteiger charge is -2.28. The van der Waals surface area contributed by atoms with Crippen LogP contribution in [0.2, 0.25) is 0 Å². The van der Waals surface area contributed by atoms with Crippen molar-refractivity contribution in [3.8, 4) is 0 Å². The van der Waals surface area contributed by atoms with Crippen molar-refractivity contribution < 1.29 is 28.2 Å². The Morgan fingerprint density at radius 3 is 2.08 bits per heavy atom. The second kappa shape index (κ2) is 8.40. The Morgan fingerprint density at radius 1 is 0.885 bits per heavy atom. The lowest BCUT2D eigenvalue weighted by molar-refractivity contribution is -0.126. The van der Waals surface area contributed by atoms with E-state index in [0.717, 1.165) is 6.08 Å². The van der Waals surface area contributed by atoms with E-state index in [1.165, 1.54) is 6.08 Å². The molecule has 134 valence electrons. The van der Waals surface area contributed by atoms with Gasteiger partial charge in [-0.15, -0.1) is 0 Å². The minimum absolute atomic E-state index is 0.245. The Balaban J connectivity index is 1.63. The Hall–Kier alpha value is -2.99. The number of carbonyl (C=O) groups excluding carboxylic acids is 2. The fourth-order valence-electron chi connectivity index (χ4n) is 2.44. The molecule has 0 spiro atoms. The molecule has 0 saturated carbocycles. The van der Waals surface area contributed by atoms with Gasteiger partial charge in [0.15, 0.2) is 6.10 Å². The average molecular weight is 356 g/mol. The van der Waals surface area contributed by atoms with Crippen LogP contribution in [-0.4, -0.2) is 37.1 Å². The van der Waals surface area contributed by atoms with Crippen molar-refractivity contribution in [2.24, 2.45) is 0 Å². The lowest BCUT2D eigenvalue weighted by atomic mass is 10.1. The van der Waals surface area contributed by atoms with E-state index < -0.39 is 30.5 Å². The summed E-state index contributed by atoms with van der Waals surface area (Å²) in [5, 5.41) is 0.